The van der Waals surface area contributed by atoms with Gasteiger partial charge in [0.05, 0.1) is 13.5 Å². The van der Waals surface area contributed by atoms with Crippen LogP contribution in [-0.4, -0.2) is 58.6 Å². The van der Waals surface area contributed by atoms with Crippen molar-refractivity contribution in [1.29, 1.82) is 0 Å². The van der Waals surface area contributed by atoms with E-state index in [1.165, 1.54) is 18.1 Å². The Labute approximate surface area is 221 Å². The fraction of sp³-hybridized carbons (Fsp3) is 0.407. The minimum absolute atomic E-state index is 0.188. The molecule has 1 aliphatic rings. The van der Waals surface area contributed by atoms with Crippen LogP contribution in [0.4, 0.5) is 10.5 Å². The summed E-state index contributed by atoms with van der Waals surface area (Å²) in [6.45, 7) is 4.98. The van der Waals surface area contributed by atoms with Crippen molar-refractivity contribution in [3.63, 3.8) is 0 Å². The highest BCUT2D eigenvalue weighted by Crippen LogP contribution is 2.39. The summed E-state index contributed by atoms with van der Waals surface area (Å²) in [6.07, 6.45) is -0.216. The number of ether oxygens (including phenoxy) is 2. The lowest BCUT2D eigenvalue weighted by Crippen LogP contribution is -2.54. The largest absolute Gasteiger partial charge is 0.508 e. The highest BCUT2D eigenvalue weighted by molar-refractivity contribution is 6.00. The lowest BCUT2D eigenvalue weighted by Gasteiger charge is -2.34. The average Bonchev–Trinajstić information content (AvgIpc) is 3.66. The molecule has 204 valence electrons. The number of carbonyl (C=O) groups excluding carboxylic acids is 4. The van der Waals surface area contributed by atoms with E-state index in [4.69, 9.17) is 15.2 Å². The zero-order valence-corrected chi connectivity index (χ0v) is 21.9. The predicted octanol–water partition coefficient (Wildman–Crippen LogP) is 2.84. The zero-order chi connectivity index (χ0) is 28.0. The minimum Gasteiger partial charge on any atom is -0.508 e. The number of nitrogens with zero attached hydrogens (tertiary/aromatic N) is 1. The van der Waals surface area contributed by atoms with Gasteiger partial charge in [-0.3, -0.25) is 14.4 Å². The van der Waals surface area contributed by atoms with Crippen molar-refractivity contribution in [1.82, 2.24) is 10.2 Å². The van der Waals surface area contributed by atoms with Crippen LogP contribution in [0, 0.1) is 0 Å². The number of phenolic OH excluding ortho intramolecular Hbond substituents is 1. The number of nitrogens with one attached hydrogen (secondary N) is 2. The standard InChI is InChI=1S/C27H34N4O7/c1-27(2,3)38-26(36)30-20(15-22(28)33)25(35)31(17-11-12-17)23(19-7-5-6-8-21(19)32)24(34)29-16-9-13-18(37-4)14-10-16/h5-10,13-14,17,20,23,32H,11-12,15H2,1-4H3,(H2,28,33)(H,29,34)(H,30,36). The third kappa shape index (κ3) is 7.61. The smallest absolute Gasteiger partial charge is 0.408 e. The number of hydrogen-bond donors (Lipinski definition) is 4. The summed E-state index contributed by atoms with van der Waals surface area (Å²) in [5.74, 6) is -1.70. The summed E-state index contributed by atoms with van der Waals surface area (Å²) in [4.78, 5) is 53.2. The molecule has 1 fully saturated rings. The van der Waals surface area contributed by atoms with Crippen molar-refractivity contribution in [3.8, 4) is 11.5 Å². The molecule has 2 unspecified atom stereocenters. The summed E-state index contributed by atoms with van der Waals surface area (Å²) in [7, 11) is 1.52. The Hall–Kier alpha value is -4.28. The van der Waals surface area contributed by atoms with Crippen molar-refractivity contribution in [3.05, 3.63) is 54.1 Å². The van der Waals surface area contributed by atoms with Crippen molar-refractivity contribution in [2.45, 2.75) is 63.8 Å². The minimum atomic E-state index is -1.38. The number of para-hydroxylation sites is 1. The van der Waals surface area contributed by atoms with Gasteiger partial charge < -0.3 is 35.8 Å². The van der Waals surface area contributed by atoms with Crippen LogP contribution in [0.25, 0.3) is 0 Å². The highest BCUT2D eigenvalue weighted by Gasteiger charge is 2.45. The molecule has 2 aromatic carbocycles. The summed E-state index contributed by atoms with van der Waals surface area (Å²) >= 11 is 0. The van der Waals surface area contributed by atoms with Crippen LogP contribution in [0.1, 0.15) is 51.6 Å². The molecule has 0 radical (unpaired) electrons. The molecule has 5 N–H and O–H groups in total. The van der Waals surface area contributed by atoms with Gasteiger partial charge in [-0.05, 0) is 63.9 Å². The first kappa shape index (κ1) is 28.3. The van der Waals surface area contributed by atoms with E-state index in [2.05, 4.69) is 10.6 Å². The number of rotatable bonds is 10. The summed E-state index contributed by atoms with van der Waals surface area (Å²) in [5.41, 5.74) is 5.17. The fourth-order valence-corrected chi connectivity index (χ4v) is 3.92. The van der Waals surface area contributed by atoms with Gasteiger partial charge in [-0.2, -0.15) is 0 Å². The Bertz CT molecular complexity index is 1170. The van der Waals surface area contributed by atoms with Crippen LogP contribution < -0.4 is 21.1 Å². The molecule has 4 amide bonds. The highest BCUT2D eigenvalue weighted by atomic mass is 16.6. The van der Waals surface area contributed by atoms with Gasteiger partial charge in [0, 0.05) is 17.3 Å². The molecule has 11 heteroatoms. The number of phenols is 1. The van der Waals surface area contributed by atoms with Crippen LogP contribution >= 0.6 is 0 Å². The lowest BCUT2D eigenvalue weighted by atomic mass is 10.0. The maximum absolute atomic E-state index is 13.9. The topological polar surface area (TPSA) is 160 Å². The monoisotopic (exact) mass is 526 g/mol. The number of benzene rings is 2. The van der Waals surface area contributed by atoms with E-state index in [1.807, 2.05) is 0 Å². The molecule has 0 aliphatic heterocycles. The Morgan fingerprint density at radius 2 is 1.71 bits per heavy atom. The first-order chi connectivity index (χ1) is 17.9. The number of primary amides is 1. The molecule has 3 rings (SSSR count). The van der Waals surface area contributed by atoms with E-state index in [-0.39, 0.29) is 17.4 Å². The van der Waals surface area contributed by atoms with Crippen molar-refractivity contribution in [2.24, 2.45) is 5.73 Å². The molecule has 0 bridgehead atoms. The van der Waals surface area contributed by atoms with Gasteiger partial charge in [-0.1, -0.05) is 18.2 Å². The number of aromatic hydroxyl groups is 1. The molecule has 0 aromatic heterocycles. The molecule has 0 spiro atoms. The van der Waals surface area contributed by atoms with Crippen molar-refractivity contribution < 1.29 is 33.8 Å². The molecule has 2 atom stereocenters. The van der Waals surface area contributed by atoms with E-state index < -0.39 is 47.9 Å². The number of carbonyl (C=O) groups is 4. The molecular weight excluding hydrogens is 492 g/mol. The number of anilines is 1. The Morgan fingerprint density at radius 3 is 2.24 bits per heavy atom. The van der Waals surface area contributed by atoms with Crippen LogP contribution in [0.2, 0.25) is 0 Å². The number of methoxy groups -OCH3 is 1. The molecule has 0 saturated heterocycles. The zero-order valence-electron chi connectivity index (χ0n) is 21.9. The van der Waals surface area contributed by atoms with Crippen molar-refractivity contribution in [2.75, 3.05) is 12.4 Å². The second-order valence-electron chi connectivity index (χ2n) is 10.0. The number of alkyl carbamates (subject to hydrolysis) is 1. The first-order valence-corrected chi connectivity index (χ1v) is 12.2. The lowest BCUT2D eigenvalue weighted by molar-refractivity contribution is -0.142. The van der Waals surface area contributed by atoms with Crippen LogP contribution in [0.15, 0.2) is 48.5 Å². The SMILES string of the molecule is COc1ccc(NC(=O)C(c2ccccc2O)N(C(=O)C(CC(N)=O)NC(=O)OC(C)(C)C)C2CC2)cc1. The summed E-state index contributed by atoms with van der Waals surface area (Å²) < 4.78 is 10.4. The Morgan fingerprint density at radius 1 is 1.08 bits per heavy atom. The number of hydrogen-bond acceptors (Lipinski definition) is 7. The van der Waals surface area contributed by atoms with E-state index in [1.54, 1.807) is 63.2 Å². The molecule has 1 aliphatic carbocycles. The maximum atomic E-state index is 13.9. The Balaban J connectivity index is 1.98. The van der Waals surface area contributed by atoms with Gasteiger partial charge in [0.2, 0.25) is 11.8 Å². The third-order valence-electron chi connectivity index (χ3n) is 5.70. The summed E-state index contributed by atoms with van der Waals surface area (Å²) in [5, 5.41) is 15.9. The first-order valence-electron chi connectivity index (χ1n) is 12.2. The van der Waals surface area contributed by atoms with Crippen LogP contribution in [-0.2, 0) is 19.1 Å². The van der Waals surface area contributed by atoms with Gasteiger partial charge in [0.1, 0.15) is 29.2 Å². The van der Waals surface area contributed by atoms with Gasteiger partial charge in [-0.15, -0.1) is 0 Å². The van der Waals surface area contributed by atoms with E-state index in [0.717, 1.165) is 0 Å². The normalized spacial score (nSPS) is 14.5. The van der Waals surface area contributed by atoms with Gasteiger partial charge in [0.25, 0.3) is 5.91 Å². The second kappa shape index (κ2) is 11.8. The van der Waals surface area contributed by atoms with Gasteiger partial charge in [0.15, 0.2) is 0 Å². The number of nitrogens with two attached hydrogens (primary N) is 1. The second-order valence-corrected chi connectivity index (χ2v) is 10.0. The predicted molar refractivity (Wildman–Crippen MR) is 139 cm³/mol. The quantitative estimate of drug-likeness (QED) is 0.370. The Kier molecular flexibility index (Phi) is 8.82. The van der Waals surface area contributed by atoms with Crippen LogP contribution in [0.3, 0.4) is 0 Å². The summed E-state index contributed by atoms with van der Waals surface area (Å²) in [6, 6.07) is 9.80. The molecule has 11 nitrogen and oxygen atoms in total. The van der Waals surface area contributed by atoms with Gasteiger partial charge in [-0.25, -0.2) is 4.79 Å². The fourth-order valence-electron chi connectivity index (χ4n) is 3.92. The van der Waals surface area contributed by atoms with Crippen LogP contribution in [0.5, 0.6) is 11.5 Å². The molecule has 38 heavy (non-hydrogen) atoms. The molecule has 2 aromatic rings. The van der Waals surface area contributed by atoms with E-state index in [9.17, 15) is 24.3 Å². The average molecular weight is 527 g/mol. The van der Waals surface area contributed by atoms with Crippen molar-refractivity contribution >= 4 is 29.5 Å². The van der Waals surface area contributed by atoms with E-state index in [0.29, 0.717) is 24.3 Å². The number of amides is 4. The third-order valence-corrected chi connectivity index (χ3v) is 5.70. The van der Waals surface area contributed by atoms with E-state index >= 15 is 0 Å². The van der Waals surface area contributed by atoms with Gasteiger partial charge >= 0.3 is 6.09 Å². The molecule has 0 heterocycles. The molecule has 1 saturated carbocycles. The maximum Gasteiger partial charge on any atom is 0.408 e. The molecular formula is C27H34N4O7.